The molecular formula is C18H10FNO4. The summed E-state index contributed by atoms with van der Waals surface area (Å²) in [7, 11) is 0. The zero-order chi connectivity index (χ0) is 16.7. The van der Waals surface area contributed by atoms with Gasteiger partial charge < -0.3 is 14.2 Å². The van der Waals surface area contributed by atoms with Crippen molar-refractivity contribution in [3.8, 4) is 0 Å². The number of amides is 1. The number of fused-ring (bicyclic) bond motifs is 2. The first-order valence-electron chi connectivity index (χ1n) is 7.14. The van der Waals surface area contributed by atoms with Crippen LogP contribution in [0.5, 0.6) is 0 Å². The van der Waals surface area contributed by atoms with Crippen molar-refractivity contribution >= 4 is 33.7 Å². The van der Waals surface area contributed by atoms with E-state index >= 15 is 0 Å². The van der Waals surface area contributed by atoms with Gasteiger partial charge in [-0.1, -0.05) is 18.2 Å². The normalized spacial score (nSPS) is 11.0. The van der Waals surface area contributed by atoms with Gasteiger partial charge in [-0.15, -0.1) is 0 Å². The van der Waals surface area contributed by atoms with Gasteiger partial charge in [-0.2, -0.15) is 0 Å². The van der Waals surface area contributed by atoms with E-state index in [0.717, 1.165) is 0 Å². The molecule has 0 saturated carbocycles. The summed E-state index contributed by atoms with van der Waals surface area (Å²) in [5.74, 6) is -1.19. The van der Waals surface area contributed by atoms with Crippen LogP contribution >= 0.6 is 0 Å². The fraction of sp³-hybridized carbons (Fsp3) is 0. The molecule has 118 valence electrons. The van der Waals surface area contributed by atoms with Crippen LogP contribution in [0.15, 0.2) is 68.2 Å². The Morgan fingerprint density at radius 2 is 1.79 bits per heavy atom. The fourth-order valence-electron chi connectivity index (χ4n) is 2.47. The Labute approximate surface area is 134 Å². The molecule has 0 saturated heterocycles. The van der Waals surface area contributed by atoms with Crippen LogP contribution in [0, 0.1) is 5.82 Å². The number of nitrogens with one attached hydrogen (secondary N) is 1. The largest absolute Gasteiger partial charge is 0.425 e. The number of carbonyl (C=O) groups excluding carboxylic acids is 1. The van der Waals surface area contributed by atoms with Gasteiger partial charge in [0.25, 0.3) is 5.91 Å². The Hall–Kier alpha value is -3.41. The molecule has 1 N–H and O–H groups in total. The predicted molar refractivity (Wildman–Crippen MR) is 86.6 cm³/mol. The summed E-state index contributed by atoms with van der Waals surface area (Å²) in [6, 6.07) is 13.5. The molecule has 2 aromatic heterocycles. The van der Waals surface area contributed by atoms with Crippen molar-refractivity contribution in [2.75, 3.05) is 5.32 Å². The molecule has 0 atom stereocenters. The van der Waals surface area contributed by atoms with Crippen molar-refractivity contribution in [1.82, 2.24) is 0 Å². The highest BCUT2D eigenvalue weighted by Gasteiger charge is 2.17. The van der Waals surface area contributed by atoms with E-state index in [2.05, 4.69) is 5.32 Å². The first kappa shape index (κ1) is 14.2. The van der Waals surface area contributed by atoms with Crippen LogP contribution in [-0.4, -0.2) is 5.91 Å². The second kappa shape index (κ2) is 5.34. The molecule has 6 heteroatoms. The van der Waals surface area contributed by atoms with E-state index in [1.807, 2.05) is 0 Å². The predicted octanol–water partition coefficient (Wildman–Crippen LogP) is 3.93. The zero-order valence-electron chi connectivity index (χ0n) is 12.2. The number of rotatable bonds is 2. The Morgan fingerprint density at radius 3 is 2.62 bits per heavy atom. The maximum atomic E-state index is 13.2. The maximum absolute atomic E-state index is 13.2. The van der Waals surface area contributed by atoms with Crippen molar-refractivity contribution in [2.45, 2.75) is 0 Å². The first-order chi connectivity index (χ1) is 11.6. The highest BCUT2D eigenvalue weighted by Crippen LogP contribution is 2.22. The van der Waals surface area contributed by atoms with E-state index in [1.54, 1.807) is 30.3 Å². The molecule has 24 heavy (non-hydrogen) atoms. The summed E-state index contributed by atoms with van der Waals surface area (Å²) < 4.78 is 24.0. The summed E-state index contributed by atoms with van der Waals surface area (Å²) in [5, 5.41) is 3.09. The number of furan rings is 1. The fourth-order valence-corrected chi connectivity index (χ4v) is 2.47. The molecule has 2 heterocycles. The minimum atomic E-state index is -0.601. The molecule has 0 spiro atoms. The topological polar surface area (TPSA) is 72.5 Å². The SMILES string of the molecule is O=C(Nc1cccc(F)c1)c1cc2c(=O)c3ccccc3oc2o1. The minimum Gasteiger partial charge on any atom is -0.425 e. The second-order valence-corrected chi connectivity index (χ2v) is 5.20. The monoisotopic (exact) mass is 323 g/mol. The van der Waals surface area contributed by atoms with Gasteiger partial charge in [-0.05, 0) is 30.3 Å². The van der Waals surface area contributed by atoms with Gasteiger partial charge in [0.1, 0.15) is 16.8 Å². The molecule has 0 aliphatic heterocycles. The molecule has 4 rings (SSSR count). The molecule has 1 amide bonds. The minimum absolute atomic E-state index is 0.0249. The van der Waals surface area contributed by atoms with Crippen LogP contribution in [0.4, 0.5) is 10.1 Å². The molecule has 0 bridgehead atoms. The third-order valence-corrected chi connectivity index (χ3v) is 3.58. The number of benzene rings is 2. The van der Waals surface area contributed by atoms with E-state index < -0.39 is 11.7 Å². The van der Waals surface area contributed by atoms with Crippen molar-refractivity contribution in [3.63, 3.8) is 0 Å². The maximum Gasteiger partial charge on any atom is 0.302 e. The van der Waals surface area contributed by atoms with Crippen LogP contribution in [0.1, 0.15) is 10.6 Å². The molecule has 0 radical (unpaired) electrons. The number of carbonyl (C=O) groups is 1. The van der Waals surface area contributed by atoms with Gasteiger partial charge in [0.2, 0.25) is 5.43 Å². The van der Waals surface area contributed by atoms with Crippen LogP contribution < -0.4 is 10.7 Å². The Morgan fingerprint density at radius 1 is 0.958 bits per heavy atom. The summed E-state index contributed by atoms with van der Waals surface area (Å²) in [4.78, 5) is 24.7. The van der Waals surface area contributed by atoms with Crippen molar-refractivity contribution in [3.05, 3.63) is 76.4 Å². The van der Waals surface area contributed by atoms with Crippen molar-refractivity contribution < 1.29 is 18.0 Å². The van der Waals surface area contributed by atoms with Gasteiger partial charge in [-0.3, -0.25) is 9.59 Å². The number of hydrogen-bond acceptors (Lipinski definition) is 4. The highest BCUT2D eigenvalue weighted by molar-refractivity contribution is 6.04. The van der Waals surface area contributed by atoms with Gasteiger partial charge in [-0.25, -0.2) is 4.39 Å². The molecule has 0 aliphatic carbocycles. The number of anilines is 1. The lowest BCUT2D eigenvalue weighted by Crippen LogP contribution is -2.10. The summed E-state index contributed by atoms with van der Waals surface area (Å²) in [6.07, 6.45) is 0. The Balaban J connectivity index is 1.77. The molecule has 0 aliphatic rings. The van der Waals surface area contributed by atoms with Crippen LogP contribution in [0.3, 0.4) is 0 Å². The third-order valence-electron chi connectivity index (χ3n) is 3.58. The van der Waals surface area contributed by atoms with Crippen LogP contribution in [0.25, 0.3) is 22.1 Å². The molecule has 5 nitrogen and oxygen atoms in total. The average Bonchev–Trinajstić information content (AvgIpc) is 3.00. The third kappa shape index (κ3) is 2.34. The standard InChI is InChI=1S/C18H10FNO4/c19-10-4-3-5-11(8-10)20-17(22)15-9-13-16(21)12-6-1-2-7-14(12)23-18(13)24-15/h1-9H,(H,20,22). The molecular weight excluding hydrogens is 313 g/mol. The van der Waals surface area contributed by atoms with Crippen molar-refractivity contribution in [2.24, 2.45) is 0 Å². The summed E-state index contributed by atoms with van der Waals surface area (Å²) in [6.45, 7) is 0. The van der Waals surface area contributed by atoms with Crippen LogP contribution in [0.2, 0.25) is 0 Å². The van der Waals surface area contributed by atoms with Crippen molar-refractivity contribution in [1.29, 1.82) is 0 Å². The van der Waals surface area contributed by atoms with E-state index in [0.29, 0.717) is 11.0 Å². The summed E-state index contributed by atoms with van der Waals surface area (Å²) in [5.41, 5.74) is 0.381. The average molecular weight is 323 g/mol. The Bertz CT molecular complexity index is 1140. The van der Waals surface area contributed by atoms with Crippen LogP contribution in [-0.2, 0) is 0 Å². The van der Waals surface area contributed by atoms with Gasteiger partial charge in [0.15, 0.2) is 5.76 Å². The Kier molecular flexibility index (Phi) is 3.16. The molecule has 0 unspecified atom stereocenters. The van der Waals surface area contributed by atoms with E-state index in [-0.39, 0.29) is 28.0 Å². The lowest BCUT2D eigenvalue weighted by Gasteiger charge is -2.02. The van der Waals surface area contributed by atoms with E-state index in [4.69, 9.17) is 8.83 Å². The van der Waals surface area contributed by atoms with Gasteiger partial charge in [0.05, 0.1) is 5.39 Å². The smallest absolute Gasteiger partial charge is 0.302 e. The van der Waals surface area contributed by atoms with Gasteiger partial charge >= 0.3 is 5.78 Å². The summed E-state index contributed by atoms with van der Waals surface area (Å²) >= 11 is 0. The quantitative estimate of drug-likeness (QED) is 0.606. The molecule has 2 aromatic carbocycles. The molecule has 0 fully saturated rings. The zero-order valence-corrected chi connectivity index (χ0v) is 12.2. The number of halogens is 1. The highest BCUT2D eigenvalue weighted by atomic mass is 19.1. The number of para-hydroxylation sites is 1. The molecule has 4 aromatic rings. The van der Waals surface area contributed by atoms with Gasteiger partial charge in [0, 0.05) is 11.8 Å². The lowest BCUT2D eigenvalue weighted by atomic mass is 10.2. The second-order valence-electron chi connectivity index (χ2n) is 5.20. The first-order valence-corrected chi connectivity index (χ1v) is 7.14. The lowest BCUT2D eigenvalue weighted by molar-refractivity contribution is 0.0997. The van der Waals surface area contributed by atoms with E-state index in [1.165, 1.54) is 24.3 Å². The van der Waals surface area contributed by atoms with E-state index in [9.17, 15) is 14.0 Å². The number of hydrogen-bond donors (Lipinski definition) is 1.